The molecule has 5 nitrogen and oxygen atoms in total. The molecule has 27 heavy (non-hydrogen) atoms. The molecule has 3 heterocycles. The van der Waals surface area contributed by atoms with Gasteiger partial charge in [-0.05, 0) is 57.8 Å². The average Bonchev–Trinajstić information content (AvgIpc) is 3.22. The highest BCUT2D eigenvalue weighted by Gasteiger charge is 2.23. The number of nitrogens with one attached hydrogen (secondary N) is 1. The molecule has 1 aromatic heterocycles. The molecule has 5 heteroatoms. The van der Waals surface area contributed by atoms with Crippen LogP contribution < -0.4 is 10.2 Å². The Labute approximate surface area is 161 Å². The fourth-order valence-corrected chi connectivity index (χ4v) is 4.32. The number of benzene rings is 1. The van der Waals surface area contributed by atoms with Crippen LogP contribution in [0.15, 0.2) is 30.3 Å². The average molecular weight is 367 g/mol. The Morgan fingerprint density at radius 1 is 1.07 bits per heavy atom. The van der Waals surface area contributed by atoms with Crippen LogP contribution in [0.25, 0.3) is 10.9 Å². The molecule has 1 amide bonds. The van der Waals surface area contributed by atoms with Gasteiger partial charge in [0.2, 0.25) is 0 Å². The van der Waals surface area contributed by atoms with E-state index in [1.54, 1.807) is 0 Å². The summed E-state index contributed by atoms with van der Waals surface area (Å²) in [5.41, 5.74) is 1.67. The van der Waals surface area contributed by atoms with Crippen LogP contribution in [0, 0.1) is 0 Å². The molecule has 1 atom stereocenters. The van der Waals surface area contributed by atoms with Crippen molar-refractivity contribution in [2.75, 3.05) is 37.6 Å². The van der Waals surface area contributed by atoms with Gasteiger partial charge in [-0.1, -0.05) is 24.6 Å². The van der Waals surface area contributed by atoms with Crippen molar-refractivity contribution in [3.05, 3.63) is 35.9 Å². The molecule has 1 unspecified atom stereocenters. The largest absolute Gasteiger partial charge is 0.356 e. The Morgan fingerprint density at radius 3 is 2.56 bits per heavy atom. The number of hydrogen-bond donors (Lipinski definition) is 1. The first-order chi connectivity index (χ1) is 13.2. The lowest BCUT2D eigenvalue weighted by Crippen LogP contribution is -2.44. The molecule has 2 fully saturated rings. The van der Waals surface area contributed by atoms with Crippen LogP contribution in [-0.4, -0.2) is 54.6 Å². The number of anilines is 1. The first kappa shape index (κ1) is 18.2. The van der Waals surface area contributed by atoms with Crippen molar-refractivity contribution >= 4 is 22.6 Å². The molecule has 2 aliphatic heterocycles. The fraction of sp³-hybridized carbons (Fsp3) is 0.545. The fourth-order valence-electron chi connectivity index (χ4n) is 4.32. The molecule has 0 saturated carbocycles. The minimum Gasteiger partial charge on any atom is -0.356 e. The molecule has 1 aromatic carbocycles. The topological polar surface area (TPSA) is 48.5 Å². The predicted molar refractivity (Wildman–Crippen MR) is 110 cm³/mol. The van der Waals surface area contributed by atoms with Crippen LogP contribution in [0.5, 0.6) is 0 Å². The summed E-state index contributed by atoms with van der Waals surface area (Å²) in [6.07, 6.45) is 6.21. The van der Waals surface area contributed by atoms with Crippen molar-refractivity contribution in [1.82, 2.24) is 15.2 Å². The number of para-hydroxylation sites is 1. The number of rotatable bonds is 5. The second kappa shape index (κ2) is 8.26. The molecule has 144 valence electrons. The van der Waals surface area contributed by atoms with Crippen molar-refractivity contribution in [3.8, 4) is 0 Å². The van der Waals surface area contributed by atoms with E-state index in [1.807, 2.05) is 30.3 Å². The van der Waals surface area contributed by atoms with Gasteiger partial charge in [0, 0.05) is 31.1 Å². The maximum absolute atomic E-state index is 13.1. The van der Waals surface area contributed by atoms with E-state index in [4.69, 9.17) is 4.98 Å². The van der Waals surface area contributed by atoms with Gasteiger partial charge in [-0.15, -0.1) is 0 Å². The molecular formula is C22H30N4O. The van der Waals surface area contributed by atoms with Crippen LogP contribution in [0.3, 0.4) is 0 Å². The summed E-state index contributed by atoms with van der Waals surface area (Å²) >= 11 is 0. The number of piperidine rings is 1. The van der Waals surface area contributed by atoms with Gasteiger partial charge in [-0.3, -0.25) is 4.79 Å². The number of amides is 1. The standard InChI is InChI=1S/C22H30N4O/c1-17(16-25-11-5-2-6-12-25)23-22(27)19-15-18-9-3-4-10-20(18)24-21(19)26-13-7-8-14-26/h3-4,9-10,15,17H,2,5-8,11-14,16H2,1H3,(H,23,27). The number of carbonyl (C=O) groups excluding carboxylic acids is 1. The number of likely N-dealkylation sites (tertiary alicyclic amines) is 1. The Bertz CT molecular complexity index is 794. The first-order valence-corrected chi connectivity index (χ1v) is 10.4. The summed E-state index contributed by atoms with van der Waals surface area (Å²) in [6, 6.07) is 10.2. The van der Waals surface area contributed by atoms with Gasteiger partial charge in [0.25, 0.3) is 5.91 Å². The molecule has 0 aliphatic carbocycles. The van der Waals surface area contributed by atoms with Crippen molar-refractivity contribution in [2.45, 2.75) is 45.1 Å². The number of fused-ring (bicyclic) bond motifs is 1. The lowest BCUT2D eigenvalue weighted by molar-refractivity contribution is 0.0926. The third-order valence-electron chi connectivity index (χ3n) is 5.71. The summed E-state index contributed by atoms with van der Waals surface area (Å²) in [7, 11) is 0. The monoisotopic (exact) mass is 366 g/mol. The van der Waals surface area contributed by atoms with Crippen molar-refractivity contribution in [2.24, 2.45) is 0 Å². The number of hydrogen-bond acceptors (Lipinski definition) is 4. The molecule has 2 saturated heterocycles. The number of aromatic nitrogens is 1. The molecule has 4 rings (SSSR count). The maximum atomic E-state index is 13.1. The number of pyridine rings is 1. The van der Waals surface area contributed by atoms with Gasteiger partial charge in [0.05, 0.1) is 11.1 Å². The van der Waals surface area contributed by atoms with E-state index in [0.29, 0.717) is 5.56 Å². The smallest absolute Gasteiger partial charge is 0.255 e. The Balaban J connectivity index is 1.55. The maximum Gasteiger partial charge on any atom is 0.255 e. The van der Waals surface area contributed by atoms with Gasteiger partial charge in [0.15, 0.2) is 0 Å². The summed E-state index contributed by atoms with van der Waals surface area (Å²) in [4.78, 5) is 22.7. The first-order valence-electron chi connectivity index (χ1n) is 10.4. The van der Waals surface area contributed by atoms with Crippen LogP contribution in [0.1, 0.15) is 49.4 Å². The van der Waals surface area contributed by atoms with E-state index in [2.05, 4.69) is 22.0 Å². The number of carbonyl (C=O) groups is 1. The SMILES string of the molecule is CC(CN1CCCCC1)NC(=O)c1cc2ccccc2nc1N1CCCC1. The Morgan fingerprint density at radius 2 is 1.78 bits per heavy atom. The zero-order chi connectivity index (χ0) is 18.6. The normalized spacial score (nSPS) is 19.4. The third kappa shape index (κ3) is 4.24. The molecule has 2 aliphatic rings. The molecule has 0 radical (unpaired) electrons. The van der Waals surface area contributed by atoms with Crippen LogP contribution in [-0.2, 0) is 0 Å². The van der Waals surface area contributed by atoms with E-state index >= 15 is 0 Å². The highest BCUT2D eigenvalue weighted by Crippen LogP contribution is 2.26. The predicted octanol–water partition coefficient (Wildman–Crippen LogP) is 3.44. The minimum atomic E-state index is -0.000313. The van der Waals surface area contributed by atoms with Crippen LogP contribution >= 0.6 is 0 Å². The molecule has 0 spiro atoms. The third-order valence-corrected chi connectivity index (χ3v) is 5.71. The Hall–Kier alpha value is -2.14. The van der Waals surface area contributed by atoms with E-state index < -0.39 is 0 Å². The van der Waals surface area contributed by atoms with Gasteiger partial charge in [0.1, 0.15) is 5.82 Å². The van der Waals surface area contributed by atoms with E-state index in [0.717, 1.165) is 49.4 Å². The summed E-state index contributed by atoms with van der Waals surface area (Å²) in [5.74, 6) is 0.841. The van der Waals surface area contributed by atoms with Crippen LogP contribution in [0.2, 0.25) is 0 Å². The lowest BCUT2D eigenvalue weighted by atomic mass is 10.1. The van der Waals surface area contributed by atoms with E-state index in [9.17, 15) is 4.79 Å². The number of nitrogens with zero attached hydrogens (tertiary/aromatic N) is 3. The lowest BCUT2D eigenvalue weighted by Gasteiger charge is -2.29. The molecule has 0 bridgehead atoms. The van der Waals surface area contributed by atoms with Gasteiger partial charge < -0.3 is 15.1 Å². The summed E-state index contributed by atoms with van der Waals surface area (Å²) in [5, 5.41) is 4.25. The van der Waals surface area contributed by atoms with Gasteiger partial charge >= 0.3 is 0 Å². The van der Waals surface area contributed by atoms with E-state index in [1.165, 1.54) is 32.1 Å². The second-order valence-corrected chi connectivity index (χ2v) is 7.98. The van der Waals surface area contributed by atoms with Crippen LogP contribution in [0.4, 0.5) is 5.82 Å². The van der Waals surface area contributed by atoms with Gasteiger partial charge in [-0.2, -0.15) is 0 Å². The summed E-state index contributed by atoms with van der Waals surface area (Å²) in [6.45, 7) is 7.29. The highest BCUT2D eigenvalue weighted by molar-refractivity contribution is 6.02. The molecule has 1 N–H and O–H groups in total. The van der Waals surface area contributed by atoms with Gasteiger partial charge in [-0.25, -0.2) is 4.98 Å². The van der Waals surface area contributed by atoms with Crippen molar-refractivity contribution < 1.29 is 4.79 Å². The Kier molecular flexibility index (Phi) is 5.58. The zero-order valence-electron chi connectivity index (χ0n) is 16.3. The highest BCUT2D eigenvalue weighted by atomic mass is 16.1. The van der Waals surface area contributed by atoms with Crippen molar-refractivity contribution in [3.63, 3.8) is 0 Å². The zero-order valence-corrected chi connectivity index (χ0v) is 16.3. The van der Waals surface area contributed by atoms with Crippen molar-refractivity contribution in [1.29, 1.82) is 0 Å². The molecular weight excluding hydrogens is 336 g/mol. The van der Waals surface area contributed by atoms with E-state index in [-0.39, 0.29) is 11.9 Å². The second-order valence-electron chi connectivity index (χ2n) is 7.98. The quantitative estimate of drug-likeness (QED) is 0.881. The minimum absolute atomic E-state index is 0.000313. The molecule has 2 aromatic rings. The summed E-state index contributed by atoms with van der Waals surface area (Å²) < 4.78 is 0.